The maximum atomic E-state index is 5.43. The smallest absolute Gasteiger partial charge is 0.200 e. The second kappa shape index (κ2) is 2.34. The monoisotopic (exact) mass is 141 g/mol. The number of morpholine rings is 1. The van der Waals surface area contributed by atoms with E-state index < -0.39 is 0 Å². The number of epoxide rings is 1. The van der Waals surface area contributed by atoms with Crippen molar-refractivity contribution >= 4 is 0 Å². The largest absolute Gasteiger partial charge is 0.340 e. The second-order valence-corrected chi connectivity index (χ2v) is 2.53. The SMILES string of the molecule is C/C=C/C1CNC2OC2O1. The minimum atomic E-state index is 0.0231. The van der Waals surface area contributed by atoms with E-state index in [-0.39, 0.29) is 18.6 Å². The summed E-state index contributed by atoms with van der Waals surface area (Å²) in [5.41, 5.74) is 0. The van der Waals surface area contributed by atoms with Crippen LogP contribution >= 0.6 is 0 Å². The molecule has 2 saturated heterocycles. The number of rotatable bonds is 1. The Kier molecular flexibility index (Phi) is 1.48. The number of ether oxygens (including phenoxy) is 2. The topological polar surface area (TPSA) is 33.8 Å². The van der Waals surface area contributed by atoms with Crippen LogP contribution in [-0.4, -0.2) is 25.2 Å². The van der Waals surface area contributed by atoms with Crippen molar-refractivity contribution in [3.8, 4) is 0 Å². The van der Waals surface area contributed by atoms with Gasteiger partial charge in [0.05, 0.1) is 6.10 Å². The molecule has 3 nitrogen and oxygen atoms in total. The summed E-state index contributed by atoms with van der Waals surface area (Å²) in [4.78, 5) is 0. The zero-order valence-corrected chi connectivity index (χ0v) is 5.91. The van der Waals surface area contributed by atoms with Crippen molar-refractivity contribution in [1.29, 1.82) is 0 Å². The van der Waals surface area contributed by atoms with Gasteiger partial charge in [0.1, 0.15) is 0 Å². The maximum absolute atomic E-state index is 5.43. The fraction of sp³-hybridized carbons (Fsp3) is 0.714. The molecule has 0 aliphatic carbocycles. The van der Waals surface area contributed by atoms with Crippen LogP contribution in [0.3, 0.4) is 0 Å². The quantitative estimate of drug-likeness (QED) is 0.419. The average molecular weight is 141 g/mol. The van der Waals surface area contributed by atoms with Crippen molar-refractivity contribution in [2.24, 2.45) is 0 Å². The van der Waals surface area contributed by atoms with E-state index in [0.29, 0.717) is 0 Å². The van der Waals surface area contributed by atoms with Gasteiger partial charge in [-0.25, -0.2) is 0 Å². The van der Waals surface area contributed by atoms with Crippen LogP contribution in [0.1, 0.15) is 6.92 Å². The molecule has 3 unspecified atom stereocenters. The molecule has 56 valence electrons. The summed E-state index contributed by atoms with van der Waals surface area (Å²) in [5.74, 6) is 0. The van der Waals surface area contributed by atoms with Crippen LogP contribution in [0, 0.1) is 0 Å². The lowest BCUT2D eigenvalue weighted by molar-refractivity contribution is 0.00877. The molecule has 2 aliphatic heterocycles. The van der Waals surface area contributed by atoms with Crippen molar-refractivity contribution in [1.82, 2.24) is 5.32 Å². The number of nitrogens with one attached hydrogen (secondary N) is 1. The fourth-order valence-corrected chi connectivity index (χ4v) is 1.13. The zero-order valence-electron chi connectivity index (χ0n) is 5.91. The lowest BCUT2D eigenvalue weighted by atomic mass is 10.3. The molecular formula is C7H11NO2. The van der Waals surface area contributed by atoms with E-state index in [2.05, 4.69) is 5.32 Å². The lowest BCUT2D eigenvalue weighted by Crippen LogP contribution is -2.37. The van der Waals surface area contributed by atoms with Gasteiger partial charge >= 0.3 is 0 Å². The Morgan fingerprint density at radius 3 is 3.10 bits per heavy atom. The Bertz CT molecular complexity index is 158. The molecule has 2 heterocycles. The van der Waals surface area contributed by atoms with E-state index >= 15 is 0 Å². The van der Waals surface area contributed by atoms with E-state index in [1.807, 2.05) is 19.1 Å². The minimum Gasteiger partial charge on any atom is -0.340 e. The molecule has 0 amide bonds. The van der Waals surface area contributed by atoms with Crippen LogP contribution < -0.4 is 5.32 Å². The van der Waals surface area contributed by atoms with Gasteiger partial charge in [-0.3, -0.25) is 5.32 Å². The van der Waals surface area contributed by atoms with Crippen LogP contribution in [0.15, 0.2) is 12.2 Å². The van der Waals surface area contributed by atoms with Gasteiger partial charge in [-0.05, 0) is 6.92 Å². The summed E-state index contributed by atoms with van der Waals surface area (Å²) < 4.78 is 10.5. The number of hydrogen-bond donors (Lipinski definition) is 1. The van der Waals surface area contributed by atoms with Crippen molar-refractivity contribution in [3.63, 3.8) is 0 Å². The highest BCUT2D eigenvalue weighted by molar-refractivity contribution is 4.94. The first-order chi connectivity index (χ1) is 4.90. The van der Waals surface area contributed by atoms with Crippen LogP contribution in [0.2, 0.25) is 0 Å². The van der Waals surface area contributed by atoms with Crippen molar-refractivity contribution in [3.05, 3.63) is 12.2 Å². The molecule has 0 aromatic carbocycles. The summed E-state index contributed by atoms with van der Waals surface area (Å²) in [7, 11) is 0. The van der Waals surface area contributed by atoms with Gasteiger partial charge in [-0.2, -0.15) is 0 Å². The van der Waals surface area contributed by atoms with Crippen LogP contribution in [0.4, 0.5) is 0 Å². The molecule has 3 atom stereocenters. The molecule has 0 radical (unpaired) electrons. The van der Waals surface area contributed by atoms with Gasteiger partial charge in [0.2, 0.25) is 0 Å². The van der Waals surface area contributed by atoms with Crippen molar-refractivity contribution < 1.29 is 9.47 Å². The van der Waals surface area contributed by atoms with Crippen LogP contribution in [0.25, 0.3) is 0 Å². The molecule has 1 N–H and O–H groups in total. The predicted molar refractivity (Wildman–Crippen MR) is 36.4 cm³/mol. The third-order valence-corrected chi connectivity index (χ3v) is 1.69. The molecule has 10 heavy (non-hydrogen) atoms. The van der Waals surface area contributed by atoms with E-state index in [1.165, 1.54) is 0 Å². The summed E-state index contributed by atoms with van der Waals surface area (Å²) in [6, 6.07) is 0. The van der Waals surface area contributed by atoms with Gasteiger partial charge in [-0.15, -0.1) is 0 Å². The molecule has 0 spiro atoms. The van der Waals surface area contributed by atoms with Crippen LogP contribution in [-0.2, 0) is 9.47 Å². The molecule has 3 heteroatoms. The standard InChI is InChI=1S/C7H11NO2/c1-2-3-5-4-8-6-7(9-5)10-6/h2-3,5-8H,4H2,1H3/b3-2+. The van der Waals surface area contributed by atoms with E-state index in [4.69, 9.17) is 9.47 Å². The molecule has 0 aromatic heterocycles. The maximum Gasteiger partial charge on any atom is 0.200 e. The molecule has 0 saturated carbocycles. The first-order valence-electron chi connectivity index (χ1n) is 3.57. The van der Waals surface area contributed by atoms with E-state index in [0.717, 1.165) is 6.54 Å². The summed E-state index contributed by atoms with van der Waals surface area (Å²) in [6.45, 7) is 2.86. The molecule has 2 aliphatic rings. The number of hydrogen-bond acceptors (Lipinski definition) is 3. The molecule has 0 bridgehead atoms. The van der Waals surface area contributed by atoms with Gasteiger partial charge in [-0.1, -0.05) is 12.2 Å². The summed E-state index contributed by atoms with van der Waals surface area (Å²) in [6.07, 6.45) is 4.44. The number of allylic oxidation sites excluding steroid dienone is 1. The fourth-order valence-electron chi connectivity index (χ4n) is 1.13. The molecule has 2 fully saturated rings. The zero-order chi connectivity index (χ0) is 6.97. The Labute approximate surface area is 60.0 Å². The third kappa shape index (κ3) is 1.08. The van der Waals surface area contributed by atoms with Gasteiger partial charge in [0.15, 0.2) is 12.5 Å². The lowest BCUT2D eigenvalue weighted by Gasteiger charge is -2.16. The van der Waals surface area contributed by atoms with Gasteiger partial charge in [0.25, 0.3) is 0 Å². The van der Waals surface area contributed by atoms with Crippen LogP contribution in [0.5, 0.6) is 0 Å². The average Bonchev–Trinajstić information content (AvgIpc) is 2.66. The first-order valence-corrected chi connectivity index (χ1v) is 3.57. The summed E-state index contributed by atoms with van der Waals surface area (Å²) >= 11 is 0. The van der Waals surface area contributed by atoms with Crippen molar-refractivity contribution in [2.75, 3.05) is 6.54 Å². The Morgan fingerprint density at radius 1 is 1.50 bits per heavy atom. The predicted octanol–water partition coefficient (Wildman–Crippen LogP) is 0.233. The highest BCUT2D eigenvalue weighted by Crippen LogP contribution is 2.25. The Balaban J connectivity index is 1.88. The van der Waals surface area contributed by atoms with Crippen molar-refractivity contribution in [2.45, 2.75) is 25.5 Å². The highest BCUT2D eigenvalue weighted by Gasteiger charge is 2.44. The molecular weight excluding hydrogens is 130 g/mol. The Morgan fingerprint density at radius 2 is 2.40 bits per heavy atom. The first kappa shape index (κ1) is 6.34. The normalized spacial score (nSPS) is 45.5. The van der Waals surface area contributed by atoms with E-state index in [1.54, 1.807) is 0 Å². The highest BCUT2D eigenvalue weighted by atomic mass is 16.8. The summed E-state index contributed by atoms with van der Waals surface area (Å²) in [5, 5.41) is 3.19. The molecule has 2 rings (SSSR count). The minimum absolute atomic E-state index is 0.0231. The molecule has 0 aromatic rings. The Hall–Kier alpha value is -0.380. The number of fused-ring (bicyclic) bond motifs is 1. The third-order valence-electron chi connectivity index (χ3n) is 1.69. The van der Waals surface area contributed by atoms with Gasteiger partial charge < -0.3 is 9.47 Å². The second-order valence-electron chi connectivity index (χ2n) is 2.53. The van der Waals surface area contributed by atoms with Gasteiger partial charge in [0, 0.05) is 6.54 Å². The van der Waals surface area contributed by atoms with E-state index in [9.17, 15) is 0 Å².